The first-order valence-corrected chi connectivity index (χ1v) is 8.97. The molecule has 2 rings (SSSR count). The number of H-pyrrole nitrogens is 1. The summed E-state index contributed by atoms with van der Waals surface area (Å²) in [4.78, 5) is 14.6. The van der Waals surface area contributed by atoms with E-state index in [2.05, 4.69) is 36.3 Å². The summed E-state index contributed by atoms with van der Waals surface area (Å²) in [6.07, 6.45) is 0. The minimum Gasteiger partial charge on any atom is -0.496 e. The molecule has 6 nitrogen and oxygen atoms in total. The van der Waals surface area contributed by atoms with Crippen molar-refractivity contribution in [3.8, 4) is 5.75 Å². The van der Waals surface area contributed by atoms with Crippen LogP contribution in [0.1, 0.15) is 47.6 Å². The molecule has 0 saturated heterocycles. The summed E-state index contributed by atoms with van der Waals surface area (Å²) in [6, 6.07) is 7.82. The van der Waals surface area contributed by atoms with E-state index in [1.54, 1.807) is 7.11 Å². The van der Waals surface area contributed by atoms with Crippen LogP contribution in [0.3, 0.4) is 0 Å². The lowest BCUT2D eigenvalue weighted by Crippen LogP contribution is -2.35. The molecule has 7 heteroatoms. The van der Waals surface area contributed by atoms with Crippen LogP contribution in [0.25, 0.3) is 0 Å². The van der Waals surface area contributed by atoms with E-state index in [1.807, 2.05) is 52.2 Å². The van der Waals surface area contributed by atoms with E-state index in [-0.39, 0.29) is 17.9 Å². The Morgan fingerprint density at radius 1 is 1.36 bits per heavy atom. The Bertz CT molecular complexity index is 728. The van der Waals surface area contributed by atoms with Crippen LogP contribution in [-0.2, 0) is 0 Å². The lowest BCUT2D eigenvalue weighted by molar-refractivity contribution is 0.0935. The van der Waals surface area contributed by atoms with Gasteiger partial charge < -0.3 is 15.0 Å². The van der Waals surface area contributed by atoms with Crippen LogP contribution in [0, 0.1) is 0 Å². The van der Waals surface area contributed by atoms with Crippen LogP contribution in [0.4, 0.5) is 0 Å². The maximum Gasteiger partial charge on any atom is 0.273 e. The molecule has 0 aliphatic rings. The third kappa shape index (κ3) is 4.41. The predicted octanol–water partition coefficient (Wildman–Crippen LogP) is 3.34. The number of ether oxygens (including phenoxy) is 1. The zero-order chi connectivity index (χ0) is 18.6. The quantitative estimate of drug-likeness (QED) is 0.736. The van der Waals surface area contributed by atoms with Crippen molar-refractivity contribution in [2.24, 2.45) is 0 Å². The van der Waals surface area contributed by atoms with Gasteiger partial charge >= 0.3 is 0 Å². The number of likely N-dealkylation sites (N-methyl/N-ethyl adjacent to an activating group) is 1. The molecule has 1 atom stereocenters. The summed E-state index contributed by atoms with van der Waals surface area (Å²) < 4.78 is 6.17. The second-order valence-corrected chi connectivity index (χ2v) is 7.18. The van der Waals surface area contributed by atoms with Gasteiger partial charge in [0.15, 0.2) is 5.69 Å². The minimum absolute atomic E-state index is 0.0117. The second-order valence-electron chi connectivity index (χ2n) is 6.39. The Morgan fingerprint density at radius 3 is 2.60 bits per heavy atom. The van der Waals surface area contributed by atoms with E-state index in [4.69, 9.17) is 4.74 Å². The van der Waals surface area contributed by atoms with Gasteiger partial charge in [-0.25, -0.2) is 0 Å². The van der Waals surface area contributed by atoms with E-state index in [9.17, 15) is 4.79 Å². The fourth-order valence-electron chi connectivity index (χ4n) is 2.66. The topological polar surface area (TPSA) is 70.2 Å². The molecular formula is C18H25BrN4O2. The smallest absolute Gasteiger partial charge is 0.273 e. The molecule has 1 heterocycles. The molecule has 0 spiro atoms. The Balaban J connectivity index is 2.15. The minimum atomic E-state index is -0.211. The normalized spacial score (nSPS) is 12.5. The molecule has 2 N–H and O–H groups in total. The lowest BCUT2D eigenvalue weighted by Gasteiger charge is -2.26. The van der Waals surface area contributed by atoms with Crippen molar-refractivity contribution in [3.05, 3.63) is 45.7 Å². The molecular weight excluding hydrogens is 384 g/mol. The van der Waals surface area contributed by atoms with Crippen molar-refractivity contribution < 1.29 is 9.53 Å². The number of aromatic nitrogens is 2. The van der Waals surface area contributed by atoms with Crippen LogP contribution >= 0.6 is 15.9 Å². The number of para-hydroxylation sites is 1. The number of carbonyl (C=O) groups excluding carboxylic acids is 1. The molecule has 0 saturated carbocycles. The number of hydrogen-bond donors (Lipinski definition) is 2. The monoisotopic (exact) mass is 408 g/mol. The van der Waals surface area contributed by atoms with E-state index < -0.39 is 0 Å². The predicted molar refractivity (Wildman–Crippen MR) is 102 cm³/mol. The maximum atomic E-state index is 12.5. The second kappa shape index (κ2) is 8.49. The number of methoxy groups -OCH3 is 1. The van der Waals surface area contributed by atoms with Crippen molar-refractivity contribution in [2.45, 2.75) is 25.8 Å². The first-order valence-electron chi connectivity index (χ1n) is 8.18. The average Bonchev–Trinajstić information content (AvgIpc) is 2.96. The summed E-state index contributed by atoms with van der Waals surface area (Å²) in [5.74, 6) is 0.849. The summed E-state index contributed by atoms with van der Waals surface area (Å²) in [5, 5.41) is 10.0. The molecule has 0 radical (unpaired) electrons. The highest BCUT2D eigenvalue weighted by atomic mass is 79.9. The van der Waals surface area contributed by atoms with Gasteiger partial charge in [-0.3, -0.25) is 9.89 Å². The Kier molecular flexibility index (Phi) is 6.61. The summed E-state index contributed by atoms with van der Waals surface area (Å²) in [7, 11) is 5.60. The van der Waals surface area contributed by atoms with Crippen LogP contribution in [-0.4, -0.2) is 48.8 Å². The molecule has 1 amide bonds. The largest absolute Gasteiger partial charge is 0.496 e. The molecule has 0 fully saturated rings. The van der Waals surface area contributed by atoms with Crippen molar-refractivity contribution in [1.29, 1.82) is 0 Å². The number of nitrogens with one attached hydrogen (secondary N) is 2. The van der Waals surface area contributed by atoms with Crippen molar-refractivity contribution >= 4 is 21.8 Å². The SMILES string of the molecule is COc1ccccc1C(CNC(=O)c1n[nH]c(C(C)C)c1Br)N(C)C. The zero-order valence-electron chi connectivity index (χ0n) is 15.3. The fourth-order valence-corrected chi connectivity index (χ4v) is 3.48. The molecule has 25 heavy (non-hydrogen) atoms. The number of carbonyl (C=O) groups is 1. The van der Waals surface area contributed by atoms with Gasteiger partial charge in [0.2, 0.25) is 0 Å². The van der Waals surface area contributed by atoms with Crippen molar-refractivity contribution in [3.63, 3.8) is 0 Å². The van der Waals surface area contributed by atoms with Crippen molar-refractivity contribution in [1.82, 2.24) is 20.4 Å². The lowest BCUT2D eigenvalue weighted by atomic mass is 10.0. The molecule has 2 aromatic rings. The van der Waals surface area contributed by atoms with Crippen LogP contribution in [0.5, 0.6) is 5.75 Å². The molecule has 0 aliphatic heterocycles. The number of nitrogens with zero attached hydrogens (tertiary/aromatic N) is 2. The Morgan fingerprint density at radius 2 is 2.04 bits per heavy atom. The summed E-state index contributed by atoms with van der Waals surface area (Å²) >= 11 is 3.47. The van der Waals surface area contributed by atoms with Gasteiger partial charge in [-0.05, 0) is 42.0 Å². The standard InChI is InChI=1S/C18H25BrN4O2/c1-11(2)16-15(19)17(22-21-16)18(24)20-10-13(23(3)4)12-8-6-7-9-14(12)25-5/h6-9,11,13H,10H2,1-5H3,(H,20,24)(H,21,22). The summed E-state index contributed by atoms with van der Waals surface area (Å²) in [6.45, 7) is 4.54. The highest BCUT2D eigenvalue weighted by Gasteiger charge is 2.22. The molecule has 136 valence electrons. The van der Waals surface area contributed by atoms with Gasteiger partial charge in [0.1, 0.15) is 5.75 Å². The molecule has 1 aromatic carbocycles. The number of aromatic amines is 1. The van der Waals surface area contributed by atoms with Gasteiger partial charge in [-0.2, -0.15) is 5.10 Å². The van der Waals surface area contributed by atoms with E-state index >= 15 is 0 Å². The van der Waals surface area contributed by atoms with E-state index in [1.165, 1.54) is 0 Å². The number of hydrogen-bond acceptors (Lipinski definition) is 4. The van der Waals surface area contributed by atoms with Gasteiger partial charge in [-0.15, -0.1) is 0 Å². The van der Waals surface area contributed by atoms with Gasteiger partial charge in [0.05, 0.1) is 23.3 Å². The first-order chi connectivity index (χ1) is 11.9. The van der Waals surface area contributed by atoms with Crippen LogP contribution in [0.2, 0.25) is 0 Å². The van der Waals surface area contributed by atoms with Gasteiger partial charge in [0, 0.05) is 12.1 Å². The zero-order valence-corrected chi connectivity index (χ0v) is 16.8. The Hall–Kier alpha value is -1.86. The Labute approximate surface area is 157 Å². The van der Waals surface area contributed by atoms with Gasteiger partial charge in [-0.1, -0.05) is 32.0 Å². The molecule has 0 aliphatic carbocycles. The number of rotatable bonds is 7. The van der Waals surface area contributed by atoms with E-state index in [0.29, 0.717) is 12.2 Å². The van der Waals surface area contributed by atoms with Crippen LogP contribution < -0.4 is 10.1 Å². The highest BCUT2D eigenvalue weighted by molar-refractivity contribution is 9.10. The average molecular weight is 409 g/mol. The molecule has 1 unspecified atom stereocenters. The third-order valence-corrected chi connectivity index (χ3v) is 4.90. The fraction of sp³-hybridized carbons (Fsp3) is 0.444. The molecule has 1 aromatic heterocycles. The third-order valence-electron chi connectivity index (χ3n) is 4.10. The number of benzene rings is 1. The number of amides is 1. The molecule has 0 bridgehead atoms. The van der Waals surface area contributed by atoms with Crippen LogP contribution in [0.15, 0.2) is 28.7 Å². The maximum absolute atomic E-state index is 12.5. The van der Waals surface area contributed by atoms with Crippen molar-refractivity contribution in [2.75, 3.05) is 27.7 Å². The summed E-state index contributed by atoms with van der Waals surface area (Å²) in [5.41, 5.74) is 2.32. The highest BCUT2D eigenvalue weighted by Crippen LogP contribution is 2.28. The van der Waals surface area contributed by atoms with Gasteiger partial charge in [0.25, 0.3) is 5.91 Å². The van der Waals surface area contributed by atoms with E-state index in [0.717, 1.165) is 21.5 Å². The first kappa shape index (κ1) is 19.5. The number of halogens is 1.